The highest BCUT2D eigenvalue weighted by atomic mass is 32.1. The molecule has 0 saturated heterocycles. The summed E-state index contributed by atoms with van der Waals surface area (Å²) in [4.78, 5) is 15.0. The fraction of sp³-hybridized carbons (Fsp3) is 0.312. The van der Waals surface area contributed by atoms with Crippen LogP contribution in [0.15, 0.2) is 29.6 Å². The first-order chi connectivity index (χ1) is 9.49. The molecule has 2 rings (SSSR count). The topological polar surface area (TPSA) is 20.3 Å². The van der Waals surface area contributed by atoms with E-state index in [0.29, 0.717) is 11.1 Å². The second-order valence-corrected chi connectivity index (χ2v) is 5.96. The van der Waals surface area contributed by atoms with E-state index in [9.17, 15) is 9.18 Å². The van der Waals surface area contributed by atoms with Crippen LogP contribution in [0.2, 0.25) is 0 Å². The van der Waals surface area contributed by atoms with Crippen molar-refractivity contribution >= 4 is 22.8 Å². The Hall–Kier alpha value is -1.68. The third-order valence-corrected chi connectivity index (χ3v) is 4.28. The number of carbonyl (C=O) groups excluding carboxylic acids is 1. The second-order valence-electron chi connectivity index (χ2n) is 4.93. The van der Waals surface area contributed by atoms with E-state index in [2.05, 4.69) is 11.4 Å². The predicted octanol–water partition coefficient (Wildman–Crippen LogP) is 4.08. The first kappa shape index (κ1) is 14.7. The molecule has 0 aliphatic carbocycles. The van der Waals surface area contributed by atoms with Gasteiger partial charge in [0.25, 0.3) is 0 Å². The van der Waals surface area contributed by atoms with Crippen LogP contribution < -0.4 is 4.90 Å². The molecule has 0 fully saturated rings. The molecule has 4 heteroatoms. The van der Waals surface area contributed by atoms with Crippen LogP contribution in [-0.4, -0.2) is 19.4 Å². The number of anilines is 1. The Morgan fingerprint density at radius 1 is 1.40 bits per heavy atom. The zero-order valence-electron chi connectivity index (χ0n) is 11.9. The molecule has 0 bridgehead atoms. The van der Waals surface area contributed by atoms with Crippen molar-refractivity contribution in [3.8, 4) is 0 Å². The van der Waals surface area contributed by atoms with Crippen molar-refractivity contribution in [2.45, 2.75) is 20.3 Å². The Balaban J connectivity index is 2.21. The molecule has 20 heavy (non-hydrogen) atoms. The number of nitrogens with zero attached hydrogens (tertiary/aromatic N) is 1. The highest BCUT2D eigenvalue weighted by molar-refractivity contribution is 7.09. The maximum atomic E-state index is 13.6. The molecule has 1 aromatic carbocycles. The number of rotatable bonds is 5. The number of benzene rings is 1. The van der Waals surface area contributed by atoms with Crippen LogP contribution in [0.25, 0.3) is 0 Å². The van der Waals surface area contributed by atoms with Gasteiger partial charge >= 0.3 is 0 Å². The van der Waals surface area contributed by atoms with Crippen LogP contribution in [0.1, 0.15) is 27.7 Å². The van der Waals surface area contributed by atoms with Crippen molar-refractivity contribution in [1.82, 2.24) is 0 Å². The van der Waals surface area contributed by atoms with Crippen LogP contribution in [0.3, 0.4) is 0 Å². The number of hydrogen-bond acceptors (Lipinski definition) is 3. The standard InChI is InChI=1S/C16H18FNOS/c1-11-9-16(14(12(2)19)10-15(11)17)18(3)7-6-13-5-4-8-20-13/h4-5,8-10H,6-7H2,1-3H3. The summed E-state index contributed by atoms with van der Waals surface area (Å²) in [6.07, 6.45) is 0.919. The average molecular weight is 291 g/mol. The smallest absolute Gasteiger partial charge is 0.161 e. The number of Topliss-reactive ketones (excluding diaryl/α,β-unsaturated/α-hetero) is 1. The van der Waals surface area contributed by atoms with Crippen LogP contribution >= 0.6 is 11.3 Å². The van der Waals surface area contributed by atoms with Gasteiger partial charge in [-0.15, -0.1) is 11.3 Å². The first-order valence-corrected chi connectivity index (χ1v) is 7.41. The molecule has 2 aromatic rings. The molecular formula is C16H18FNOS. The number of carbonyl (C=O) groups is 1. The van der Waals surface area contributed by atoms with Crippen molar-refractivity contribution in [2.75, 3.05) is 18.5 Å². The third kappa shape index (κ3) is 3.25. The molecular weight excluding hydrogens is 273 g/mol. The lowest BCUT2D eigenvalue weighted by atomic mass is 10.0. The number of aryl methyl sites for hydroxylation is 1. The van der Waals surface area contributed by atoms with Crippen molar-refractivity contribution < 1.29 is 9.18 Å². The van der Waals surface area contributed by atoms with Gasteiger partial charge in [-0.2, -0.15) is 0 Å². The van der Waals surface area contributed by atoms with E-state index in [1.807, 2.05) is 18.0 Å². The Bertz CT molecular complexity index is 607. The number of halogens is 1. The number of thiophene rings is 1. The summed E-state index contributed by atoms with van der Waals surface area (Å²) in [5.74, 6) is -0.438. The maximum absolute atomic E-state index is 13.6. The lowest BCUT2D eigenvalue weighted by molar-refractivity contribution is 0.101. The number of likely N-dealkylation sites (N-methyl/N-ethyl adjacent to an activating group) is 1. The summed E-state index contributed by atoms with van der Waals surface area (Å²) in [7, 11) is 1.94. The fourth-order valence-corrected chi connectivity index (χ4v) is 2.82. The molecule has 106 valence electrons. The SMILES string of the molecule is CC(=O)c1cc(F)c(C)cc1N(C)CCc1cccs1. The largest absolute Gasteiger partial charge is 0.374 e. The van der Waals surface area contributed by atoms with E-state index >= 15 is 0 Å². The van der Waals surface area contributed by atoms with E-state index in [1.54, 1.807) is 24.3 Å². The van der Waals surface area contributed by atoms with E-state index in [-0.39, 0.29) is 11.6 Å². The molecule has 1 aromatic heterocycles. The first-order valence-electron chi connectivity index (χ1n) is 6.53. The minimum atomic E-state index is -0.328. The normalized spacial score (nSPS) is 10.6. The van der Waals surface area contributed by atoms with Gasteiger partial charge < -0.3 is 4.90 Å². The van der Waals surface area contributed by atoms with Crippen LogP contribution in [0.5, 0.6) is 0 Å². The summed E-state index contributed by atoms with van der Waals surface area (Å²) in [5, 5.41) is 2.05. The van der Waals surface area contributed by atoms with Crippen LogP contribution in [0.4, 0.5) is 10.1 Å². The highest BCUT2D eigenvalue weighted by Gasteiger charge is 2.14. The fourth-order valence-electron chi connectivity index (χ4n) is 2.12. The van der Waals surface area contributed by atoms with Gasteiger partial charge in [0.05, 0.1) is 0 Å². The average Bonchev–Trinajstić information content (AvgIpc) is 2.91. The molecule has 2 nitrogen and oxygen atoms in total. The molecule has 0 N–H and O–H groups in total. The molecule has 0 aliphatic heterocycles. The molecule has 0 radical (unpaired) electrons. The van der Waals surface area contributed by atoms with Gasteiger partial charge in [-0.1, -0.05) is 6.07 Å². The van der Waals surface area contributed by atoms with Crippen molar-refractivity contribution in [3.05, 3.63) is 51.5 Å². The summed E-state index contributed by atoms with van der Waals surface area (Å²) in [6, 6.07) is 7.22. The van der Waals surface area contributed by atoms with E-state index in [0.717, 1.165) is 18.7 Å². The van der Waals surface area contributed by atoms with Crippen LogP contribution in [0, 0.1) is 12.7 Å². The molecule has 0 unspecified atom stereocenters. The highest BCUT2D eigenvalue weighted by Crippen LogP contribution is 2.24. The summed E-state index contributed by atoms with van der Waals surface area (Å²) in [6.45, 7) is 3.99. The Morgan fingerprint density at radius 3 is 2.75 bits per heavy atom. The molecule has 0 saturated carbocycles. The Morgan fingerprint density at radius 2 is 2.15 bits per heavy atom. The van der Waals surface area contributed by atoms with E-state index < -0.39 is 0 Å². The lowest BCUT2D eigenvalue weighted by Gasteiger charge is -2.22. The van der Waals surface area contributed by atoms with Gasteiger partial charge in [-0.3, -0.25) is 4.79 Å². The van der Waals surface area contributed by atoms with E-state index in [4.69, 9.17) is 0 Å². The quantitative estimate of drug-likeness (QED) is 0.774. The minimum absolute atomic E-state index is 0.109. The zero-order chi connectivity index (χ0) is 14.7. The predicted molar refractivity (Wildman–Crippen MR) is 82.4 cm³/mol. The Labute approximate surface area is 122 Å². The van der Waals surface area contributed by atoms with Crippen molar-refractivity contribution in [2.24, 2.45) is 0 Å². The summed E-state index contributed by atoms with van der Waals surface area (Å²) >= 11 is 1.72. The third-order valence-electron chi connectivity index (χ3n) is 3.34. The van der Waals surface area contributed by atoms with Crippen LogP contribution in [-0.2, 0) is 6.42 Å². The number of ketones is 1. The van der Waals surface area contributed by atoms with E-state index in [1.165, 1.54) is 17.9 Å². The van der Waals surface area contributed by atoms with Gasteiger partial charge in [-0.25, -0.2) is 4.39 Å². The van der Waals surface area contributed by atoms with Gasteiger partial charge in [0.15, 0.2) is 5.78 Å². The maximum Gasteiger partial charge on any atom is 0.161 e. The van der Waals surface area contributed by atoms with Crippen molar-refractivity contribution in [1.29, 1.82) is 0 Å². The van der Waals surface area contributed by atoms with Gasteiger partial charge in [0.2, 0.25) is 0 Å². The van der Waals surface area contributed by atoms with Gasteiger partial charge in [-0.05, 0) is 49.4 Å². The summed E-state index contributed by atoms with van der Waals surface area (Å²) in [5.41, 5.74) is 1.81. The number of hydrogen-bond donors (Lipinski definition) is 0. The lowest BCUT2D eigenvalue weighted by Crippen LogP contribution is -2.22. The van der Waals surface area contributed by atoms with Gasteiger partial charge in [0, 0.05) is 29.7 Å². The Kier molecular flexibility index (Phi) is 4.55. The molecule has 0 aliphatic rings. The second kappa shape index (κ2) is 6.18. The van der Waals surface area contributed by atoms with Crippen molar-refractivity contribution in [3.63, 3.8) is 0 Å². The molecule has 0 spiro atoms. The molecule has 1 heterocycles. The minimum Gasteiger partial charge on any atom is -0.374 e. The van der Waals surface area contributed by atoms with Gasteiger partial charge in [0.1, 0.15) is 5.82 Å². The molecule has 0 amide bonds. The monoisotopic (exact) mass is 291 g/mol. The molecule has 0 atom stereocenters. The zero-order valence-corrected chi connectivity index (χ0v) is 12.8. The summed E-state index contributed by atoms with van der Waals surface area (Å²) < 4.78 is 13.6.